The smallest absolute Gasteiger partial charge is 0.410 e. The molecule has 1 aliphatic rings. The molecule has 1 fully saturated rings. The Bertz CT molecular complexity index is 832. The third-order valence-electron chi connectivity index (χ3n) is 3.87. The Morgan fingerprint density at radius 1 is 1.50 bits per heavy atom. The average molecular weight is 335 g/mol. The van der Waals surface area contributed by atoms with Crippen molar-refractivity contribution < 1.29 is 30.0 Å². The largest absolute Gasteiger partial charge is 0.465 e. The van der Waals surface area contributed by atoms with Crippen LogP contribution in [0.15, 0.2) is 18.5 Å². The van der Waals surface area contributed by atoms with E-state index in [1.807, 2.05) is 0 Å². The zero-order valence-corrected chi connectivity index (χ0v) is 12.1. The minimum absolute atomic E-state index is 0.0190. The molecule has 0 unspecified atom stereocenters. The van der Waals surface area contributed by atoms with Crippen LogP contribution in [-0.2, 0) is 4.74 Å². The van der Waals surface area contributed by atoms with Crippen LogP contribution in [0.5, 0.6) is 0 Å². The van der Waals surface area contributed by atoms with Crippen molar-refractivity contribution >= 4 is 17.4 Å². The monoisotopic (exact) mass is 335 g/mol. The molecule has 0 aromatic carbocycles. The van der Waals surface area contributed by atoms with E-state index in [0.717, 1.165) is 6.33 Å². The van der Waals surface area contributed by atoms with E-state index in [9.17, 15) is 20.1 Å². The van der Waals surface area contributed by atoms with Gasteiger partial charge in [-0.1, -0.05) is 0 Å². The Morgan fingerprint density at radius 2 is 2.25 bits per heavy atom. The SMILES string of the molecule is N#C[C@]1(CO)O[C@@H](c2ccc3c(NC(=O)O)ncnn23)[C@H](O)[C@@H]1O. The van der Waals surface area contributed by atoms with Gasteiger partial charge in [0.15, 0.2) is 5.82 Å². The first-order valence-electron chi connectivity index (χ1n) is 6.82. The molecule has 0 aliphatic carbocycles. The Hall–Kier alpha value is -2.78. The molecule has 1 amide bonds. The standard InChI is InChI=1S/C13H13N5O6/c14-3-13(4-19)10(21)8(20)9(24-13)6-1-2-7-11(17-12(22)23)15-5-16-18(6)7/h1-2,5,8-10,19-21H,4H2,(H,22,23)(H,15,16,17)/t8-,9-,10-,13+/m0/s1. The van der Waals surface area contributed by atoms with Gasteiger partial charge in [-0.15, -0.1) is 0 Å². The normalized spacial score (nSPS) is 29.5. The molecule has 0 radical (unpaired) electrons. The zero-order valence-electron chi connectivity index (χ0n) is 12.1. The molecule has 3 rings (SSSR count). The van der Waals surface area contributed by atoms with Crippen molar-refractivity contribution in [1.29, 1.82) is 5.26 Å². The molecule has 2 aromatic rings. The first-order chi connectivity index (χ1) is 11.4. The van der Waals surface area contributed by atoms with E-state index >= 15 is 0 Å². The molecule has 0 spiro atoms. The first-order valence-corrected chi connectivity index (χ1v) is 6.82. The van der Waals surface area contributed by atoms with Gasteiger partial charge in [-0.25, -0.2) is 14.3 Å². The van der Waals surface area contributed by atoms with Crippen LogP contribution < -0.4 is 5.32 Å². The van der Waals surface area contributed by atoms with Gasteiger partial charge in [-0.05, 0) is 12.1 Å². The maximum Gasteiger partial charge on any atom is 0.410 e. The van der Waals surface area contributed by atoms with Gasteiger partial charge in [0.1, 0.15) is 36.2 Å². The number of nitriles is 1. The van der Waals surface area contributed by atoms with Crippen LogP contribution in [0.25, 0.3) is 5.52 Å². The zero-order chi connectivity index (χ0) is 17.5. The number of nitrogens with zero attached hydrogens (tertiary/aromatic N) is 4. The number of aromatic nitrogens is 3. The number of amides is 1. The van der Waals surface area contributed by atoms with E-state index in [2.05, 4.69) is 15.4 Å². The third kappa shape index (κ3) is 2.25. The molecule has 11 nitrogen and oxygen atoms in total. The lowest BCUT2D eigenvalue weighted by Crippen LogP contribution is -2.44. The Morgan fingerprint density at radius 3 is 2.83 bits per heavy atom. The van der Waals surface area contributed by atoms with Gasteiger partial charge in [0.05, 0.1) is 12.3 Å². The lowest BCUT2D eigenvalue weighted by molar-refractivity contribution is -0.0746. The summed E-state index contributed by atoms with van der Waals surface area (Å²) in [5.74, 6) is 0.0190. The van der Waals surface area contributed by atoms with E-state index in [1.54, 1.807) is 6.07 Å². The van der Waals surface area contributed by atoms with Crippen molar-refractivity contribution in [3.05, 3.63) is 24.2 Å². The van der Waals surface area contributed by atoms with E-state index in [4.69, 9.17) is 15.1 Å². The molecule has 3 heterocycles. The average Bonchev–Trinajstić information content (AvgIpc) is 3.09. The van der Waals surface area contributed by atoms with Gasteiger partial charge in [0, 0.05) is 0 Å². The van der Waals surface area contributed by atoms with Crippen molar-refractivity contribution in [3.63, 3.8) is 0 Å². The van der Waals surface area contributed by atoms with Crippen LogP contribution >= 0.6 is 0 Å². The summed E-state index contributed by atoms with van der Waals surface area (Å²) in [6.45, 7) is -0.803. The number of aliphatic hydroxyl groups is 3. The van der Waals surface area contributed by atoms with Gasteiger partial charge in [-0.3, -0.25) is 5.32 Å². The van der Waals surface area contributed by atoms with Crippen LogP contribution in [0.1, 0.15) is 11.8 Å². The van der Waals surface area contributed by atoms with Gasteiger partial charge in [0.2, 0.25) is 5.60 Å². The van der Waals surface area contributed by atoms with Gasteiger partial charge in [-0.2, -0.15) is 10.4 Å². The highest BCUT2D eigenvalue weighted by Gasteiger charge is 2.55. The molecule has 126 valence electrons. The number of fused-ring (bicyclic) bond motifs is 1. The Balaban J connectivity index is 2.05. The molecule has 11 heteroatoms. The summed E-state index contributed by atoms with van der Waals surface area (Å²) in [4.78, 5) is 14.6. The van der Waals surface area contributed by atoms with E-state index in [1.165, 1.54) is 16.6 Å². The van der Waals surface area contributed by atoms with Crippen molar-refractivity contribution in [1.82, 2.24) is 14.6 Å². The fourth-order valence-electron chi connectivity index (χ4n) is 2.67. The maximum absolute atomic E-state index is 10.8. The van der Waals surface area contributed by atoms with E-state index in [0.29, 0.717) is 5.52 Å². The van der Waals surface area contributed by atoms with Gasteiger partial charge in [0.25, 0.3) is 0 Å². The number of hydrogen-bond acceptors (Lipinski definition) is 8. The highest BCUT2D eigenvalue weighted by atomic mass is 16.6. The molecule has 0 saturated carbocycles. The summed E-state index contributed by atoms with van der Waals surface area (Å²) in [5.41, 5.74) is -1.40. The Kier molecular flexibility index (Phi) is 3.82. The highest BCUT2D eigenvalue weighted by molar-refractivity contribution is 5.87. The molecule has 24 heavy (non-hydrogen) atoms. The topological polar surface area (TPSA) is 173 Å². The molecule has 1 saturated heterocycles. The second-order valence-electron chi connectivity index (χ2n) is 5.23. The van der Waals surface area contributed by atoms with E-state index < -0.39 is 36.6 Å². The summed E-state index contributed by atoms with van der Waals surface area (Å²) in [5, 5.41) is 53.6. The van der Waals surface area contributed by atoms with Crippen molar-refractivity contribution in [2.45, 2.75) is 23.9 Å². The summed E-state index contributed by atoms with van der Waals surface area (Å²) in [6.07, 6.45) is -4.47. The predicted molar refractivity (Wildman–Crippen MR) is 75.9 cm³/mol. The van der Waals surface area contributed by atoms with Crippen LogP contribution in [0.2, 0.25) is 0 Å². The minimum atomic E-state index is -1.95. The van der Waals surface area contributed by atoms with Crippen LogP contribution in [0.3, 0.4) is 0 Å². The van der Waals surface area contributed by atoms with Gasteiger partial charge < -0.3 is 25.2 Å². The number of ether oxygens (including phenoxy) is 1. The number of carbonyl (C=O) groups is 1. The number of rotatable bonds is 3. The fourth-order valence-corrected chi connectivity index (χ4v) is 2.67. The molecule has 4 atom stereocenters. The molecular weight excluding hydrogens is 322 g/mol. The van der Waals surface area contributed by atoms with Crippen molar-refractivity contribution in [3.8, 4) is 6.07 Å². The van der Waals surface area contributed by atoms with Crippen LogP contribution in [0, 0.1) is 11.3 Å². The molecule has 0 bridgehead atoms. The molecule has 1 aliphatic heterocycles. The predicted octanol–water partition coefficient (Wildman–Crippen LogP) is -1.13. The second-order valence-corrected chi connectivity index (χ2v) is 5.23. The van der Waals surface area contributed by atoms with Crippen molar-refractivity contribution in [2.75, 3.05) is 11.9 Å². The lowest BCUT2D eigenvalue weighted by Gasteiger charge is -2.21. The quantitative estimate of drug-likeness (QED) is 0.465. The first kappa shape index (κ1) is 16.1. The second kappa shape index (κ2) is 5.69. The number of nitrogens with one attached hydrogen (secondary N) is 1. The number of hydrogen-bond donors (Lipinski definition) is 5. The summed E-state index contributed by atoms with van der Waals surface area (Å²) < 4.78 is 6.68. The van der Waals surface area contributed by atoms with Crippen LogP contribution in [0.4, 0.5) is 10.6 Å². The molecule has 2 aromatic heterocycles. The summed E-state index contributed by atoms with van der Waals surface area (Å²) >= 11 is 0. The molecular formula is C13H13N5O6. The van der Waals surface area contributed by atoms with Crippen LogP contribution in [-0.4, -0.2) is 65.5 Å². The summed E-state index contributed by atoms with van der Waals surface area (Å²) in [6, 6.07) is 4.65. The number of anilines is 1. The fraction of sp³-hybridized carbons (Fsp3) is 0.385. The van der Waals surface area contributed by atoms with Gasteiger partial charge >= 0.3 is 6.09 Å². The minimum Gasteiger partial charge on any atom is -0.465 e. The highest BCUT2D eigenvalue weighted by Crippen LogP contribution is 2.40. The summed E-state index contributed by atoms with van der Waals surface area (Å²) in [7, 11) is 0. The maximum atomic E-state index is 10.8. The number of carboxylic acid groups (broad SMARTS) is 1. The third-order valence-corrected chi connectivity index (χ3v) is 3.87. The number of aliphatic hydroxyl groups excluding tert-OH is 3. The lowest BCUT2D eigenvalue weighted by atomic mass is 9.96. The van der Waals surface area contributed by atoms with E-state index in [-0.39, 0.29) is 11.5 Å². The molecule has 5 N–H and O–H groups in total. The van der Waals surface area contributed by atoms with Crippen molar-refractivity contribution in [2.24, 2.45) is 0 Å². The Labute approximate surface area is 134 Å².